The van der Waals surface area contributed by atoms with E-state index in [1.807, 2.05) is 36.6 Å². The molecule has 2 saturated heterocycles. The summed E-state index contributed by atoms with van der Waals surface area (Å²) < 4.78 is 13.0. The number of carbonyl (C=O) groups excluding carboxylic acids is 2. The molecule has 39 heavy (non-hydrogen) atoms. The number of ketones is 1. The highest BCUT2D eigenvalue weighted by Crippen LogP contribution is 2.44. The zero-order chi connectivity index (χ0) is 27.8. The number of hydrogen-bond donors (Lipinski definition) is 2. The smallest absolute Gasteiger partial charge is 0.295 e. The summed E-state index contributed by atoms with van der Waals surface area (Å²) in [5, 5.41) is 22.0. The van der Waals surface area contributed by atoms with Crippen LogP contribution in [0, 0.1) is 13.8 Å². The average molecular weight is 599 g/mol. The molecular formula is C28H31BrN4O6. The van der Waals surface area contributed by atoms with Gasteiger partial charge in [-0.1, -0.05) is 6.07 Å². The Morgan fingerprint density at radius 2 is 1.95 bits per heavy atom. The van der Waals surface area contributed by atoms with Crippen molar-refractivity contribution in [1.29, 1.82) is 0 Å². The predicted molar refractivity (Wildman–Crippen MR) is 148 cm³/mol. The van der Waals surface area contributed by atoms with Gasteiger partial charge < -0.3 is 29.0 Å². The van der Waals surface area contributed by atoms with E-state index in [9.17, 15) is 19.8 Å². The van der Waals surface area contributed by atoms with E-state index in [1.165, 1.54) is 12.0 Å². The number of benzene rings is 1. The predicted octanol–water partition coefficient (Wildman–Crippen LogP) is 3.57. The Balaban J connectivity index is 1.60. The van der Waals surface area contributed by atoms with Crippen LogP contribution >= 0.6 is 15.9 Å². The van der Waals surface area contributed by atoms with E-state index in [0.717, 1.165) is 25.2 Å². The number of halogens is 1. The number of fused-ring (bicyclic) bond motifs is 1. The number of likely N-dealkylation sites (tertiary alicyclic amines) is 1. The van der Waals surface area contributed by atoms with Gasteiger partial charge in [-0.05, 0) is 65.5 Å². The number of aliphatic hydroxyl groups is 1. The standard InChI is InChI=1S/C28H31BrN4O6/c1-16-6-4-8-32-17(2)22(30-27(16)32)25(35)21-23(18-14-19(29)24(34)20(15-18)38-3)33(28(37)26(21)36)9-5-7-31-10-12-39-13-11-31/h4,6,8,14-15,23,34-35H,5,7,9-13H2,1-3H3/b25-21+. The molecule has 3 aromatic rings. The van der Waals surface area contributed by atoms with Gasteiger partial charge in [0.15, 0.2) is 17.3 Å². The van der Waals surface area contributed by atoms with E-state index in [2.05, 4.69) is 25.8 Å². The molecule has 1 unspecified atom stereocenters. The van der Waals surface area contributed by atoms with Gasteiger partial charge in [0.1, 0.15) is 11.3 Å². The number of phenolic OH excluding ortho intramolecular Hbond substituents is 1. The van der Waals surface area contributed by atoms with E-state index in [0.29, 0.717) is 47.6 Å². The lowest BCUT2D eigenvalue weighted by Gasteiger charge is -2.29. The van der Waals surface area contributed by atoms with Crippen LogP contribution in [-0.4, -0.2) is 87.6 Å². The third-order valence-electron chi connectivity index (χ3n) is 7.41. The third-order valence-corrected chi connectivity index (χ3v) is 8.02. The van der Waals surface area contributed by atoms with Gasteiger partial charge >= 0.3 is 0 Å². The second-order valence-electron chi connectivity index (χ2n) is 9.78. The molecule has 1 atom stereocenters. The molecule has 2 fully saturated rings. The number of morpholine rings is 1. The molecule has 11 heteroatoms. The van der Waals surface area contributed by atoms with Gasteiger partial charge in [0, 0.05) is 32.4 Å². The van der Waals surface area contributed by atoms with Crippen molar-refractivity contribution in [3.8, 4) is 11.5 Å². The number of ether oxygens (including phenoxy) is 2. The van der Waals surface area contributed by atoms with Crippen molar-refractivity contribution >= 4 is 39.0 Å². The summed E-state index contributed by atoms with van der Waals surface area (Å²) in [7, 11) is 1.42. The van der Waals surface area contributed by atoms with Gasteiger partial charge in [-0.2, -0.15) is 0 Å². The van der Waals surface area contributed by atoms with E-state index in [1.54, 1.807) is 12.1 Å². The van der Waals surface area contributed by atoms with Crippen molar-refractivity contribution in [3.05, 3.63) is 63.0 Å². The summed E-state index contributed by atoms with van der Waals surface area (Å²) in [6.07, 6.45) is 2.47. The molecular weight excluding hydrogens is 568 g/mol. The number of phenols is 1. The Kier molecular flexibility index (Phi) is 7.66. The van der Waals surface area contributed by atoms with Crippen molar-refractivity contribution in [1.82, 2.24) is 19.2 Å². The highest BCUT2D eigenvalue weighted by Gasteiger charge is 2.46. The van der Waals surface area contributed by atoms with E-state index in [-0.39, 0.29) is 28.5 Å². The topological polar surface area (TPSA) is 117 Å². The van der Waals surface area contributed by atoms with Gasteiger partial charge in [-0.25, -0.2) is 4.98 Å². The molecule has 0 bridgehead atoms. The summed E-state index contributed by atoms with van der Waals surface area (Å²) >= 11 is 3.35. The van der Waals surface area contributed by atoms with Crippen LogP contribution in [0.3, 0.4) is 0 Å². The summed E-state index contributed by atoms with van der Waals surface area (Å²) in [5.41, 5.74) is 2.92. The molecule has 4 heterocycles. The van der Waals surface area contributed by atoms with Gasteiger partial charge in [0.2, 0.25) is 0 Å². The van der Waals surface area contributed by atoms with Crippen LogP contribution in [0.4, 0.5) is 0 Å². The third kappa shape index (κ3) is 4.90. The van der Waals surface area contributed by atoms with Gasteiger partial charge in [0.25, 0.3) is 11.7 Å². The fourth-order valence-corrected chi connectivity index (χ4v) is 5.79. The molecule has 206 valence electrons. The number of imidazole rings is 1. The molecule has 10 nitrogen and oxygen atoms in total. The van der Waals surface area contributed by atoms with Crippen molar-refractivity contribution in [2.45, 2.75) is 26.3 Å². The number of hydrogen-bond acceptors (Lipinski definition) is 8. The zero-order valence-electron chi connectivity index (χ0n) is 22.1. The Labute approximate surface area is 234 Å². The minimum absolute atomic E-state index is 0.0461. The number of aromatic hydroxyl groups is 1. The second kappa shape index (κ2) is 11.0. The fourth-order valence-electron chi connectivity index (χ4n) is 5.33. The van der Waals surface area contributed by atoms with Crippen LogP contribution < -0.4 is 4.74 Å². The molecule has 1 amide bonds. The molecule has 2 aliphatic rings. The number of nitrogens with zero attached hydrogens (tertiary/aromatic N) is 4. The lowest BCUT2D eigenvalue weighted by molar-refractivity contribution is -0.140. The number of aliphatic hydroxyl groups excluding tert-OH is 1. The molecule has 0 aliphatic carbocycles. The van der Waals surface area contributed by atoms with Crippen LogP contribution in [0.5, 0.6) is 11.5 Å². The van der Waals surface area contributed by atoms with Crippen molar-refractivity contribution in [2.24, 2.45) is 0 Å². The van der Waals surface area contributed by atoms with Crippen LogP contribution in [0.2, 0.25) is 0 Å². The number of rotatable bonds is 7. The van der Waals surface area contributed by atoms with Gasteiger partial charge in [0.05, 0.1) is 42.1 Å². The summed E-state index contributed by atoms with van der Waals surface area (Å²) in [5.74, 6) is -1.72. The van der Waals surface area contributed by atoms with Crippen LogP contribution in [0.15, 0.2) is 40.5 Å². The van der Waals surface area contributed by atoms with Crippen LogP contribution in [0.25, 0.3) is 11.4 Å². The van der Waals surface area contributed by atoms with Gasteiger partial charge in [-0.15, -0.1) is 0 Å². The van der Waals surface area contributed by atoms with Gasteiger partial charge in [-0.3, -0.25) is 14.5 Å². The first-order chi connectivity index (χ1) is 18.7. The Morgan fingerprint density at radius 3 is 2.64 bits per heavy atom. The quantitative estimate of drug-likeness (QED) is 0.241. The minimum Gasteiger partial charge on any atom is -0.505 e. The normalized spacial score (nSPS) is 19.8. The first kappa shape index (κ1) is 27.2. The number of amides is 1. The van der Waals surface area contributed by atoms with E-state index in [4.69, 9.17) is 9.47 Å². The maximum Gasteiger partial charge on any atom is 0.295 e. The highest BCUT2D eigenvalue weighted by molar-refractivity contribution is 9.10. The monoisotopic (exact) mass is 598 g/mol. The lowest BCUT2D eigenvalue weighted by atomic mass is 9.96. The minimum atomic E-state index is -0.897. The fraction of sp³-hybridized carbons (Fsp3) is 0.393. The number of methoxy groups -OCH3 is 1. The number of Topliss-reactive ketones (excluding diaryl/α,β-unsaturated/α-hetero) is 1. The summed E-state index contributed by atoms with van der Waals surface area (Å²) in [6, 6.07) is 6.12. The van der Waals surface area contributed by atoms with Crippen LogP contribution in [0.1, 0.15) is 35.0 Å². The maximum atomic E-state index is 13.5. The maximum absolute atomic E-state index is 13.5. The molecule has 1 aromatic carbocycles. The number of pyridine rings is 1. The van der Waals surface area contributed by atoms with Crippen molar-refractivity contribution in [3.63, 3.8) is 0 Å². The highest BCUT2D eigenvalue weighted by atomic mass is 79.9. The summed E-state index contributed by atoms with van der Waals surface area (Å²) in [6.45, 7) is 7.74. The number of carbonyl (C=O) groups is 2. The van der Waals surface area contributed by atoms with E-state index >= 15 is 0 Å². The SMILES string of the molecule is COc1cc(C2/C(=C(\O)c3nc4c(C)cccn4c3C)C(=O)C(=O)N2CCCN2CCOCC2)cc(Br)c1O. The largest absolute Gasteiger partial charge is 0.505 e. The average Bonchev–Trinajstić information content (AvgIpc) is 3.40. The molecule has 0 radical (unpaired) electrons. The molecule has 5 rings (SSSR count). The van der Waals surface area contributed by atoms with Crippen molar-refractivity contribution in [2.75, 3.05) is 46.5 Å². The Morgan fingerprint density at radius 1 is 1.21 bits per heavy atom. The first-order valence-electron chi connectivity index (χ1n) is 12.8. The Hall–Kier alpha value is -3.41. The zero-order valence-corrected chi connectivity index (χ0v) is 23.7. The van der Waals surface area contributed by atoms with Crippen molar-refractivity contribution < 1.29 is 29.3 Å². The number of aryl methyl sites for hydroxylation is 2. The lowest BCUT2D eigenvalue weighted by Crippen LogP contribution is -2.39. The van der Waals surface area contributed by atoms with Crippen LogP contribution in [-0.2, 0) is 14.3 Å². The molecule has 2 N–H and O–H groups in total. The second-order valence-corrected chi connectivity index (χ2v) is 10.6. The molecule has 0 saturated carbocycles. The molecule has 2 aromatic heterocycles. The van der Waals surface area contributed by atoms with E-state index < -0.39 is 17.7 Å². The summed E-state index contributed by atoms with van der Waals surface area (Å²) in [4.78, 5) is 35.3. The first-order valence-corrected chi connectivity index (χ1v) is 13.6. The molecule has 0 spiro atoms. The molecule has 2 aliphatic heterocycles. The number of aromatic nitrogens is 2. The Bertz CT molecular complexity index is 1480.